The van der Waals surface area contributed by atoms with Gasteiger partial charge < -0.3 is 9.84 Å². The smallest absolute Gasteiger partial charge is 0.352 e. The van der Waals surface area contributed by atoms with Crippen LogP contribution in [0.5, 0.6) is 0 Å². The average Bonchev–Trinajstić information content (AvgIpc) is 3.19. The van der Waals surface area contributed by atoms with Gasteiger partial charge in [0.2, 0.25) is 5.82 Å². The van der Waals surface area contributed by atoms with E-state index in [0.717, 1.165) is 0 Å². The van der Waals surface area contributed by atoms with Crippen LogP contribution in [0.4, 0.5) is 13.2 Å². The zero-order chi connectivity index (χ0) is 18.9. The fourth-order valence-corrected chi connectivity index (χ4v) is 4.46. The molecule has 1 unspecified atom stereocenters. The highest BCUT2D eigenvalue weighted by Gasteiger charge is 2.38. The van der Waals surface area contributed by atoms with Crippen molar-refractivity contribution in [3.05, 3.63) is 35.7 Å². The molecule has 0 radical (unpaired) electrons. The molecule has 26 heavy (non-hydrogen) atoms. The van der Waals surface area contributed by atoms with Crippen molar-refractivity contribution in [1.29, 1.82) is 0 Å². The van der Waals surface area contributed by atoms with Gasteiger partial charge in [0.25, 0.3) is 5.91 Å². The topological polar surface area (TPSA) is 102 Å². The summed E-state index contributed by atoms with van der Waals surface area (Å²) >= 11 is 0. The Kier molecular flexibility index (Phi) is 4.74. The molecule has 0 bridgehead atoms. The standard InChI is InChI=1S/C15H14F3N3O4S/c16-15(17,18)14-20-12(21-25-14)10-1-3-11(4-2-10)13(22)19-7-9-5-6-26(23,24)8-9/h1-4,9H,5-8H2,(H,19,22). The number of amides is 1. The van der Waals surface area contributed by atoms with Gasteiger partial charge >= 0.3 is 12.1 Å². The van der Waals surface area contributed by atoms with Crippen LogP contribution in [0.25, 0.3) is 11.4 Å². The van der Waals surface area contributed by atoms with E-state index >= 15 is 0 Å². The minimum atomic E-state index is -4.72. The van der Waals surface area contributed by atoms with Gasteiger partial charge in [-0.15, -0.1) is 0 Å². The third-order valence-electron chi connectivity index (χ3n) is 3.95. The van der Waals surface area contributed by atoms with Crippen LogP contribution in [-0.2, 0) is 16.0 Å². The second-order valence-electron chi connectivity index (χ2n) is 5.98. The summed E-state index contributed by atoms with van der Waals surface area (Å²) in [6.45, 7) is 0.250. The highest BCUT2D eigenvalue weighted by Crippen LogP contribution is 2.29. The predicted molar refractivity (Wildman–Crippen MR) is 83.8 cm³/mol. The highest BCUT2D eigenvalue weighted by atomic mass is 32.2. The monoisotopic (exact) mass is 389 g/mol. The molecular formula is C15H14F3N3O4S. The Morgan fingerprint density at radius 2 is 1.96 bits per heavy atom. The van der Waals surface area contributed by atoms with Gasteiger partial charge in [0.1, 0.15) is 0 Å². The Hall–Kier alpha value is -2.43. The maximum Gasteiger partial charge on any atom is 0.471 e. The lowest BCUT2D eigenvalue weighted by Crippen LogP contribution is -2.29. The van der Waals surface area contributed by atoms with Crippen LogP contribution in [0, 0.1) is 5.92 Å². The van der Waals surface area contributed by atoms with E-state index in [4.69, 9.17) is 0 Å². The number of aromatic nitrogens is 2. The number of carbonyl (C=O) groups is 1. The minimum Gasteiger partial charge on any atom is -0.352 e. The Balaban J connectivity index is 1.62. The normalized spacial score (nSPS) is 19.4. The summed E-state index contributed by atoms with van der Waals surface area (Å²) in [4.78, 5) is 15.4. The lowest BCUT2D eigenvalue weighted by molar-refractivity contribution is -0.159. The van der Waals surface area contributed by atoms with Gasteiger partial charge in [-0.05, 0) is 24.5 Å². The predicted octanol–water partition coefficient (Wildman–Crippen LogP) is 1.92. The van der Waals surface area contributed by atoms with E-state index in [-0.39, 0.29) is 40.9 Å². The molecule has 1 aromatic heterocycles. The van der Waals surface area contributed by atoms with Gasteiger partial charge in [-0.2, -0.15) is 18.2 Å². The highest BCUT2D eigenvalue weighted by molar-refractivity contribution is 7.91. The summed E-state index contributed by atoms with van der Waals surface area (Å²) < 4.78 is 64.3. The quantitative estimate of drug-likeness (QED) is 0.857. The van der Waals surface area contributed by atoms with Crippen LogP contribution in [0.2, 0.25) is 0 Å². The Bertz CT molecular complexity index is 907. The van der Waals surface area contributed by atoms with Crippen LogP contribution in [0.3, 0.4) is 0 Å². The summed E-state index contributed by atoms with van der Waals surface area (Å²) in [6.07, 6.45) is -4.21. The first-order chi connectivity index (χ1) is 12.1. The van der Waals surface area contributed by atoms with E-state index in [2.05, 4.69) is 20.0 Å². The van der Waals surface area contributed by atoms with Gasteiger partial charge in [0, 0.05) is 17.7 Å². The Labute approximate surface area is 146 Å². The fourth-order valence-electron chi connectivity index (χ4n) is 2.60. The van der Waals surface area contributed by atoms with Gasteiger partial charge in [0.05, 0.1) is 11.5 Å². The zero-order valence-electron chi connectivity index (χ0n) is 13.3. The van der Waals surface area contributed by atoms with Crippen molar-refractivity contribution in [2.24, 2.45) is 5.92 Å². The number of alkyl halides is 3. The summed E-state index contributed by atoms with van der Waals surface area (Å²) in [5.41, 5.74) is 0.553. The molecule has 1 amide bonds. The first-order valence-electron chi connectivity index (χ1n) is 7.64. The largest absolute Gasteiger partial charge is 0.471 e. The first-order valence-corrected chi connectivity index (χ1v) is 9.46. The molecule has 0 spiro atoms. The molecule has 1 N–H and O–H groups in total. The van der Waals surface area contributed by atoms with E-state index < -0.39 is 27.8 Å². The second kappa shape index (κ2) is 6.71. The Morgan fingerprint density at radius 1 is 1.27 bits per heavy atom. The first kappa shape index (κ1) is 18.4. The molecule has 1 aliphatic heterocycles. The number of hydrogen-bond acceptors (Lipinski definition) is 6. The third kappa shape index (κ3) is 4.21. The molecule has 140 valence electrons. The summed E-state index contributed by atoms with van der Waals surface area (Å²) in [5, 5.41) is 5.93. The van der Waals surface area contributed by atoms with E-state index in [9.17, 15) is 26.4 Å². The minimum absolute atomic E-state index is 0.0611. The van der Waals surface area contributed by atoms with Crippen LogP contribution in [0.15, 0.2) is 28.8 Å². The van der Waals surface area contributed by atoms with Crippen LogP contribution in [0.1, 0.15) is 22.7 Å². The van der Waals surface area contributed by atoms with Crippen molar-refractivity contribution in [1.82, 2.24) is 15.5 Å². The third-order valence-corrected chi connectivity index (χ3v) is 5.79. The molecule has 3 rings (SSSR count). The average molecular weight is 389 g/mol. The second-order valence-corrected chi connectivity index (χ2v) is 8.21. The van der Waals surface area contributed by atoms with Crippen LogP contribution >= 0.6 is 0 Å². The van der Waals surface area contributed by atoms with Gasteiger partial charge in [-0.25, -0.2) is 8.42 Å². The molecule has 0 saturated carbocycles. The number of rotatable bonds is 4. The van der Waals surface area contributed by atoms with Crippen LogP contribution in [-0.4, -0.2) is 42.5 Å². The molecule has 11 heteroatoms. The molecule has 1 aromatic carbocycles. The number of sulfone groups is 1. The number of halogens is 3. The molecule has 2 heterocycles. The summed E-state index contributed by atoms with van der Waals surface area (Å²) in [7, 11) is -3.01. The number of hydrogen-bond donors (Lipinski definition) is 1. The SMILES string of the molecule is O=C(NCC1CCS(=O)(=O)C1)c1ccc(-c2noc(C(F)(F)F)n2)cc1. The van der Waals surface area contributed by atoms with E-state index in [1.165, 1.54) is 24.3 Å². The van der Waals surface area contributed by atoms with Gasteiger partial charge in [0.15, 0.2) is 9.84 Å². The molecule has 7 nitrogen and oxygen atoms in total. The molecule has 1 fully saturated rings. The lowest BCUT2D eigenvalue weighted by atomic mass is 10.1. The van der Waals surface area contributed by atoms with Crippen molar-refractivity contribution in [3.63, 3.8) is 0 Å². The molecule has 0 aliphatic carbocycles. The number of carbonyl (C=O) groups excluding carboxylic acids is 1. The van der Waals surface area contributed by atoms with Crippen molar-refractivity contribution < 1.29 is 30.9 Å². The molecule has 1 saturated heterocycles. The van der Waals surface area contributed by atoms with Crippen molar-refractivity contribution in [2.45, 2.75) is 12.6 Å². The van der Waals surface area contributed by atoms with E-state index in [1.54, 1.807) is 0 Å². The fraction of sp³-hybridized carbons (Fsp3) is 0.400. The van der Waals surface area contributed by atoms with Crippen molar-refractivity contribution >= 4 is 15.7 Å². The van der Waals surface area contributed by atoms with Gasteiger partial charge in [-0.1, -0.05) is 17.3 Å². The summed E-state index contributed by atoms with van der Waals surface area (Å²) in [6, 6.07) is 5.64. The van der Waals surface area contributed by atoms with Crippen molar-refractivity contribution in [2.75, 3.05) is 18.1 Å². The van der Waals surface area contributed by atoms with E-state index in [0.29, 0.717) is 6.42 Å². The van der Waals surface area contributed by atoms with E-state index in [1.807, 2.05) is 0 Å². The molecule has 1 atom stereocenters. The number of nitrogens with zero attached hydrogens (tertiary/aromatic N) is 2. The zero-order valence-corrected chi connectivity index (χ0v) is 14.1. The summed E-state index contributed by atoms with van der Waals surface area (Å²) in [5.74, 6) is -1.99. The molecule has 2 aromatic rings. The van der Waals surface area contributed by atoms with Crippen LogP contribution < -0.4 is 5.32 Å². The number of benzene rings is 1. The molecule has 1 aliphatic rings. The number of nitrogens with one attached hydrogen (secondary N) is 1. The maximum atomic E-state index is 12.5. The van der Waals surface area contributed by atoms with Gasteiger partial charge in [-0.3, -0.25) is 4.79 Å². The Morgan fingerprint density at radius 3 is 2.50 bits per heavy atom. The maximum absolute atomic E-state index is 12.5. The molecular weight excluding hydrogens is 375 g/mol. The van der Waals surface area contributed by atoms with Crippen molar-refractivity contribution in [3.8, 4) is 11.4 Å². The lowest BCUT2D eigenvalue weighted by Gasteiger charge is -2.09.